The van der Waals surface area contributed by atoms with Crippen molar-refractivity contribution in [3.63, 3.8) is 0 Å². The summed E-state index contributed by atoms with van der Waals surface area (Å²) < 4.78 is 0. The Bertz CT molecular complexity index is 580. The number of aryl methyl sites for hydroxylation is 1. The molecule has 2 aromatic rings. The van der Waals surface area contributed by atoms with Crippen molar-refractivity contribution in [3.05, 3.63) is 44.9 Å². The van der Waals surface area contributed by atoms with Crippen molar-refractivity contribution in [1.82, 2.24) is 4.98 Å². The molecule has 0 aliphatic heterocycles. The van der Waals surface area contributed by atoms with Gasteiger partial charge in [0.05, 0.1) is 17.7 Å². The maximum absolute atomic E-state index is 5.98. The second-order valence-electron chi connectivity index (χ2n) is 3.77. The summed E-state index contributed by atoms with van der Waals surface area (Å²) in [6.45, 7) is 2.67. The third-order valence-corrected chi connectivity index (χ3v) is 3.92. The van der Waals surface area contributed by atoms with E-state index >= 15 is 0 Å². The molecule has 0 bridgehead atoms. The number of aromatic nitrogens is 1. The Kier molecular flexibility index (Phi) is 4.16. The standard InChI is InChI=1S/C12H12ClN3S2/c1-7-11(18-6-16-7)5-15-10-4-8(13)2-3-9(10)12(14)17/h2-4,6,15H,5H2,1H3,(H2,14,17). The van der Waals surface area contributed by atoms with Crippen LogP contribution in [0.1, 0.15) is 16.1 Å². The van der Waals surface area contributed by atoms with Crippen LogP contribution in [0.4, 0.5) is 5.69 Å². The highest BCUT2D eigenvalue weighted by Gasteiger charge is 2.07. The molecule has 0 fully saturated rings. The van der Waals surface area contributed by atoms with E-state index in [9.17, 15) is 0 Å². The van der Waals surface area contributed by atoms with Crippen LogP contribution in [0.3, 0.4) is 0 Å². The van der Waals surface area contributed by atoms with Gasteiger partial charge in [-0.15, -0.1) is 11.3 Å². The summed E-state index contributed by atoms with van der Waals surface area (Å²) in [7, 11) is 0. The smallest absolute Gasteiger partial charge is 0.106 e. The molecule has 0 radical (unpaired) electrons. The van der Waals surface area contributed by atoms with E-state index < -0.39 is 0 Å². The average Bonchev–Trinajstić information content (AvgIpc) is 2.72. The number of benzene rings is 1. The van der Waals surface area contributed by atoms with Gasteiger partial charge in [-0.05, 0) is 25.1 Å². The van der Waals surface area contributed by atoms with Gasteiger partial charge >= 0.3 is 0 Å². The fourth-order valence-corrected chi connectivity index (χ4v) is 2.62. The first-order chi connectivity index (χ1) is 8.58. The predicted octanol–water partition coefficient (Wildman–Crippen LogP) is 3.35. The molecule has 1 aromatic heterocycles. The molecule has 0 aliphatic rings. The van der Waals surface area contributed by atoms with Crippen LogP contribution < -0.4 is 11.1 Å². The number of anilines is 1. The summed E-state index contributed by atoms with van der Waals surface area (Å²) >= 11 is 12.6. The third-order valence-electron chi connectivity index (χ3n) is 2.53. The highest BCUT2D eigenvalue weighted by molar-refractivity contribution is 7.80. The minimum absolute atomic E-state index is 0.357. The molecule has 0 atom stereocenters. The second kappa shape index (κ2) is 5.65. The fraction of sp³-hybridized carbons (Fsp3) is 0.167. The number of nitrogens with zero attached hydrogens (tertiary/aromatic N) is 1. The summed E-state index contributed by atoms with van der Waals surface area (Å²) in [6.07, 6.45) is 0. The third kappa shape index (κ3) is 2.98. The molecular weight excluding hydrogens is 286 g/mol. The van der Waals surface area contributed by atoms with E-state index in [-0.39, 0.29) is 0 Å². The van der Waals surface area contributed by atoms with Crippen molar-refractivity contribution in [3.8, 4) is 0 Å². The maximum Gasteiger partial charge on any atom is 0.106 e. The van der Waals surface area contributed by atoms with E-state index in [2.05, 4.69) is 10.3 Å². The Labute approximate surface area is 120 Å². The number of halogens is 1. The van der Waals surface area contributed by atoms with Crippen LogP contribution in [0.25, 0.3) is 0 Å². The minimum atomic E-state index is 0.357. The van der Waals surface area contributed by atoms with E-state index in [4.69, 9.17) is 29.6 Å². The van der Waals surface area contributed by atoms with Gasteiger partial charge in [0.15, 0.2) is 0 Å². The minimum Gasteiger partial charge on any atom is -0.389 e. The quantitative estimate of drug-likeness (QED) is 0.850. The molecule has 0 saturated heterocycles. The lowest BCUT2D eigenvalue weighted by Crippen LogP contribution is -2.13. The van der Waals surface area contributed by atoms with Crippen molar-refractivity contribution < 1.29 is 0 Å². The molecule has 0 unspecified atom stereocenters. The van der Waals surface area contributed by atoms with Gasteiger partial charge in [0.1, 0.15) is 4.99 Å². The molecule has 18 heavy (non-hydrogen) atoms. The van der Waals surface area contributed by atoms with E-state index in [1.807, 2.05) is 24.6 Å². The van der Waals surface area contributed by atoms with Gasteiger partial charge in [-0.2, -0.15) is 0 Å². The van der Waals surface area contributed by atoms with Gasteiger partial charge < -0.3 is 11.1 Å². The van der Waals surface area contributed by atoms with Gasteiger partial charge in [0.2, 0.25) is 0 Å². The zero-order chi connectivity index (χ0) is 13.1. The van der Waals surface area contributed by atoms with Gasteiger partial charge in [0, 0.05) is 21.2 Å². The van der Waals surface area contributed by atoms with Crippen LogP contribution in [0.5, 0.6) is 0 Å². The zero-order valence-electron chi connectivity index (χ0n) is 9.74. The molecule has 2 rings (SSSR count). The van der Waals surface area contributed by atoms with Crippen molar-refractivity contribution in [2.24, 2.45) is 5.73 Å². The largest absolute Gasteiger partial charge is 0.389 e. The lowest BCUT2D eigenvalue weighted by molar-refractivity contribution is 1.12. The number of hydrogen-bond donors (Lipinski definition) is 2. The van der Waals surface area contributed by atoms with E-state index in [1.54, 1.807) is 17.4 Å². The molecule has 1 heterocycles. The molecule has 1 aromatic carbocycles. The monoisotopic (exact) mass is 297 g/mol. The first-order valence-corrected chi connectivity index (χ1v) is 6.96. The van der Waals surface area contributed by atoms with Crippen LogP contribution in [-0.4, -0.2) is 9.97 Å². The first-order valence-electron chi connectivity index (χ1n) is 5.30. The number of thiazole rings is 1. The number of rotatable bonds is 4. The Morgan fingerprint density at radius 1 is 1.56 bits per heavy atom. The Hall–Kier alpha value is -1.17. The average molecular weight is 298 g/mol. The van der Waals surface area contributed by atoms with E-state index in [1.165, 1.54) is 4.88 Å². The lowest BCUT2D eigenvalue weighted by Gasteiger charge is -2.11. The highest BCUT2D eigenvalue weighted by atomic mass is 35.5. The first kappa shape index (κ1) is 13.3. The van der Waals surface area contributed by atoms with Gasteiger partial charge in [-0.25, -0.2) is 4.98 Å². The number of hydrogen-bond acceptors (Lipinski definition) is 4. The van der Waals surface area contributed by atoms with Crippen LogP contribution in [0.2, 0.25) is 5.02 Å². The molecule has 6 heteroatoms. The molecule has 0 saturated carbocycles. The molecule has 94 valence electrons. The van der Waals surface area contributed by atoms with Gasteiger partial charge in [-0.3, -0.25) is 0 Å². The van der Waals surface area contributed by atoms with Crippen LogP contribution in [0, 0.1) is 6.92 Å². The summed E-state index contributed by atoms with van der Waals surface area (Å²) in [5, 5.41) is 3.95. The molecule has 0 spiro atoms. The van der Waals surface area contributed by atoms with Crippen LogP contribution in [0.15, 0.2) is 23.7 Å². The van der Waals surface area contributed by atoms with Gasteiger partial charge in [-0.1, -0.05) is 23.8 Å². The van der Waals surface area contributed by atoms with Crippen molar-refractivity contribution >= 4 is 45.8 Å². The normalized spacial score (nSPS) is 10.3. The van der Waals surface area contributed by atoms with Crippen molar-refractivity contribution in [2.45, 2.75) is 13.5 Å². The van der Waals surface area contributed by atoms with Crippen LogP contribution in [-0.2, 0) is 6.54 Å². The molecule has 0 amide bonds. The molecule has 3 N–H and O–H groups in total. The Morgan fingerprint density at radius 2 is 2.33 bits per heavy atom. The van der Waals surface area contributed by atoms with Crippen LogP contribution >= 0.6 is 35.2 Å². The predicted molar refractivity (Wildman–Crippen MR) is 81.5 cm³/mol. The number of nitrogens with two attached hydrogens (primary N) is 1. The van der Waals surface area contributed by atoms with Crippen molar-refractivity contribution in [2.75, 3.05) is 5.32 Å². The zero-order valence-corrected chi connectivity index (χ0v) is 12.1. The van der Waals surface area contributed by atoms with E-state index in [0.29, 0.717) is 16.6 Å². The Morgan fingerprint density at radius 3 is 2.94 bits per heavy atom. The SMILES string of the molecule is Cc1ncsc1CNc1cc(Cl)ccc1C(N)=S. The summed E-state index contributed by atoms with van der Waals surface area (Å²) in [6, 6.07) is 5.43. The number of nitrogens with one attached hydrogen (secondary N) is 1. The van der Waals surface area contributed by atoms with Gasteiger partial charge in [0.25, 0.3) is 0 Å². The summed E-state index contributed by atoms with van der Waals surface area (Å²) in [5.74, 6) is 0. The topological polar surface area (TPSA) is 50.9 Å². The number of thiocarbonyl (C=S) groups is 1. The fourth-order valence-electron chi connectivity index (χ4n) is 1.55. The molecular formula is C12H12ClN3S2. The lowest BCUT2D eigenvalue weighted by atomic mass is 10.1. The maximum atomic E-state index is 5.98. The highest BCUT2D eigenvalue weighted by Crippen LogP contribution is 2.23. The van der Waals surface area contributed by atoms with E-state index in [0.717, 1.165) is 16.9 Å². The second-order valence-corrected chi connectivity index (χ2v) is 5.58. The summed E-state index contributed by atoms with van der Waals surface area (Å²) in [4.78, 5) is 5.75. The summed E-state index contributed by atoms with van der Waals surface area (Å²) in [5.41, 5.74) is 10.2. The van der Waals surface area contributed by atoms with Crippen molar-refractivity contribution in [1.29, 1.82) is 0 Å². The Balaban J connectivity index is 2.20. The molecule has 3 nitrogen and oxygen atoms in total. The molecule has 0 aliphatic carbocycles.